The van der Waals surface area contributed by atoms with Crippen molar-refractivity contribution in [1.82, 2.24) is 4.31 Å². The summed E-state index contributed by atoms with van der Waals surface area (Å²) in [5, 5.41) is 0. The van der Waals surface area contributed by atoms with Crippen LogP contribution in [-0.2, 0) is 10.0 Å². The first-order valence-corrected chi connectivity index (χ1v) is 8.88. The normalized spacial score (nSPS) is 18.1. The lowest BCUT2D eigenvalue weighted by Gasteiger charge is -2.25. The Bertz CT molecular complexity index is 477. The van der Waals surface area contributed by atoms with Gasteiger partial charge < -0.3 is 0 Å². The molecule has 1 aliphatic rings. The van der Waals surface area contributed by atoms with Gasteiger partial charge in [0.2, 0.25) is 0 Å². The van der Waals surface area contributed by atoms with Gasteiger partial charge in [-0.2, -0.15) is 4.31 Å². The number of hydrogen-bond acceptors (Lipinski definition) is 3. The lowest BCUT2D eigenvalue weighted by molar-refractivity contribution is 0.336. The fourth-order valence-corrected chi connectivity index (χ4v) is 6.20. The third-order valence-electron chi connectivity index (χ3n) is 3.16. The van der Waals surface area contributed by atoms with Crippen molar-refractivity contribution in [3.8, 4) is 0 Å². The summed E-state index contributed by atoms with van der Waals surface area (Å²) >= 11 is 4.60. The maximum absolute atomic E-state index is 12.5. The second-order valence-corrected chi connectivity index (χ2v) is 8.79. The molecule has 17 heavy (non-hydrogen) atoms. The highest BCUT2D eigenvalue weighted by Crippen LogP contribution is 2.32. The Kier molecular flexibility index (Phi) is 4.28. The molecule has 96 valence electrons. The van der Waals surface area contributed by atoms with Crippen molar-refractivity contribution in [3.63, 3.8) is 0 Å². The molecule has 0 bridgehead atoms. The Morgan fingerprint density at radius 2 is 2.06 bits per heavy atom. The van der Waals surface area contributed by atoms with Gasteiger partial charge in [-0.1, -0.05) is 19.8 Å². The molecule has 0 amide bonds. The second kappa shape index (κ2) is 5.38. The van der Waals surface area contributed by atoms with E-state index in [9.17, 15) is 8.42 Å². The number of nitrogens with zero attached hydrogens (tertiary/aromatic N) is 1. The summed E-state index contributed by atoms with van der Waals surface area (Å²) in [5.41, 5.74) is 0. The number of halogens is 1. The molecular weight excluding hydrogens is 322 g/mol. The van der Waals surface area contributed by atoms with Gasteiger partial charge in [0.05, 0.1) is 3.79 Å². The number of sulfonamides is 1. The van der Waals surface area contributed by atoms with Gasteiger partial charge in [-0.3, -0.25) is 0 Å². The van der Waals surface area contributed by atoms with E-state index in [1.165, 1.54) is 11.3 Å². The maximum atomic E-state index is 12.5. The summed E-state index contributed by atoms with van der Waals surface area (Å²) in [4.78, 5) is 0. The highest BCUT2D eigenvalue weighted by molar-refractivity contribution is 9.11. The van der Waals surface area contributed by atoms with Gasteiger partial charge in [0.1, 0.15) is 4.21 Å². The first kappa shape index (κ1) is 13.5. The van der Waals surface area contributed by atoms with E-state index in [4.69, 9.17) is 0 Å². The summed E-state index contributed by atoms with van der Waals surface area (Å²) in [6.45, 7) is 2.47. The third kappa shape index (κ3) is 2.75. The van der Waals surface area contributed by atoms with Crippen LogP contribution in [0.2, 0.25) is 0 Å². The molecule has 2 rings (SSSR count). The molecule has 1 aromatic rings. The molecule has 0 aliphatic heterocycles. The van der Waals surface area contributed by atoms with Gasteiger partial charge >= 0.3 is 0 Å². The first-order valence-electron chi connectivity index (χ1n) is 5.83. The standard InChI is InChI=1S/C11H16BrNO2S2/c1-2-13(9-5-3-4-6-9)17(14,15)11-8-7-10(12)16-11/h7-9H,2-6H2,1H3. The molecule has 1 heterocycles. The fraction of sp³-hybridized carbons (Fsp3) is 0.636. The lowest BCUT2D eigenvalue weighted by Crippen LogP contribution is -2.38. The fourth-order valence-electron chi connectivity index (χ4n) is 2.37. The molecule has 1 aromatic heterocycles. The van der Waals surface area contributed by atoms with Crippen LogP contribution >= 0.6 is 27.3 Å². The highest BCUT2D eigenvalue weighted by Gasteiger charge is 2.32. The molecule has 1 fully saturated rings. The van der Waals surface area contributed by atoms with Crippen LogP contribution in [0.1, 0.15) is 32.6 Å². The van der Waals surface area contributed by atoms with E-state index >= 15 is 0 Å². The molecule has 0 radical (unpaired) electrons. The number of rotatable bonds is 4. The molecule has 0 atom stereocenters. The van der Waals surface area contributed by atoms with Crippen molar-refractivity contribution in [2.24, 2.45) is 0 Å². The topological polar surface area (TPSA) is 37.4 Å². The average molecular weight is 338 g/mol. The quantitative estimate of drug-likeness (QED) is 0.843. The molecule has 1 saturated carbocycles. The van der Waals surface area contributed by atoms with Crippen LogP contribution < -0.4 is 0 Å². The van der Waals surface area contributed by atoms with E-state index in [0.29, 0.717) is 10.8 Å². The summed E-state index contributed by atoms with van der Waals surface area (Å²) in [5.74, 6) is 0. The smallest absolute Gasteiger partial charge is 0.206 e. The minimum atomic E-state index is -3.29. The summed E-state index contributed by atoms with van der Waals surface area (Å²) in [7, 11) is -3.29. The SMILES string of the molecule is CCN(C1CCCC1)S(=O)(=O)c1ccc(Br)s1. The van der Waals surface area contributed by atoms with Crippen LogP contribution in [0, 0.1) is 0 Å². The Labute approximate surface area is 115 Å². The van der Waals surface area contributed by atoms with Gasteiger partial charge in [-0.25, -0.2) is 8.42 Å². The number of thiophene rings is 1. The van der Waals surface area contributed by atoms with Crippen molar-refractivity contribution in [1.29, 1.82) is 0 Å². The van der Waals surface area contributed by atoms with E-state index in [-0.39, 0.29) is 6.04 Å². The van der Waals surface area contributed by atoms with Crippen molar-refractivity contribution >= 4 is 37.3 Å². The van der Waals surface area contributed by atoms with E-state index in [2.05, 4.69) is 15.9 Å². The Balaban J connectivity index is 2.29. The van der Waals surface area contributed by atoms with Crippen molar-refractivity contribution < 1.29 is 8.42 Å². The largest absolute Gasteiger partial charge is 0.252 e. The van der Waals surface area contributed by atoms with E-state index in [0.717, 1.165) is 29.5 Å². The predicted molar refractivity (Wildman–Crippen MR) is 73.8 cm³/mol. The Morgan fingerprint density at radius 1 is 1.41 bits per heavy atom. The van der Waals surface area contributed by atoms with E-state index < -0.39 is 10.0 Å². The third-order valence-corrected chi connectivity index (χ3v) is 7.27. The molecule has 0 spiro atoms. The van der Waals surface area contributed by atoms with Gasteiger partial charge in [-0.15, -0.1) is 11.3 Å². The zero-order valence-electron chi connectivity index (χ0n) is 9.73. The minimum Gasteiger partial charge on any atom is -0.206 e. The van der Waals surface area contributed by atoms with Gasteiger partial charge in [0.25, 0.3) is 10.0 Å². The first-order chi connectivity index (χ1) is 8.05. The summed E-state index contributed by atoms with van der Waals surface area (Å²) in [6.07, 6.45) is 4.29. The molecule has 0 saturated heterocycles. The van der Waals surface area contributed by atoms with E-state index in [1.807, 2.05) is 6.92 Å². The Hall–Kier alpha value is 0.0900. The van der Waals surface area contributed by atoms with Gasteiger partial charge in [0, 0.05) is 12.6 Å². The molecule has 0 N–H and O–H groups in total. The molecule has 0 aromatic carbocycles. The molecule has 1 aliphatic carbocycles. The van der Waals surface area contributed by atoms with Gasteiger partial charge in [-0.05, 0) is 40.9 Å². The highest BCUT2D eigenvalue weighted by atomic mass is 79.9. The van der Waals surface area contributed by atoms with Crippen LogP contribution in [0.3, 0.4) is 0 Å². The summed E-state index contributed by atoms with van der Waals surface area (Å²) < 4.78 is 27.9. The molecule has 3 nitrogen and oxygen atoms in total. The second-order valence-electron chi connectivity index (χ2n) is 4.21. The Morgan fingerprint density at radius 3 is 2.53 bits per heavy atom. The maximum Gasteiger partial charge on any atom is 0.252 e. The van der Waals surface area contributed by atoms with Crippen molar-refractivity contribution in [2.75, 3.05) is 6.54 Å². The van der Waals surface area contributed by atoms with Crippen LogP contribution in [0.5, 0.6) is 0 Å². The van der Waals surface area contributed by atoms with Crippen LogP contribution in [-0.4, -0.2) is 25.3 Å². The zero-order chi connectivity index (χ0) is 12.5. The van der Waals surface area contributed by atoms with Crippen LogP contribution in [0.4, 0.5) is 0 Å². The van der Waals surface area contributed by atoms with Crippen LogP contribution in [0.15, 0.2) is 20.1 Å². The molecular formula is C11H16BrNO2S2. The van der Waals surface area contributed by atoms with E-state index in [1.54, 1.807) is 16.4 Å². The van der Waals surface area contributed by atoms with Crippen molar-refractivity contribution in [2.45, 2.75) is 42.9 Å². The van der Waals surface area contributed by atoms with Gasteiger partial charge in [0.15, 0.2) is 0 Å². The van der Waals surface area contributed by atoms with Crippen molar-refractivity contribution in [3.05, 3.63) is 15.9 Å². The number of hydrogen-bond donors (Lipinski definition) is 0. The lowest BCUT2D eigenvalue weighted by atomic mass is 10.2. The predicted octanol–water partition coefficient (Wildman–Crippen LogP) is 3.46. The molecule has 0 unspecified atom stereocenters. The monoisotopic (exact) mass is 337 g/mol. The minimum absolute atomic E-state index is 0.200. The molecule has 6 heteroatoms. The van der Waals surface area contributed by atoms with Crippen LogP contribution in [0.25, 0.3) is 0 Å². The zero-order valence-corrected chi connectivity index (χ0v) is 12.9. The average Bonchev–Trinajstić information content (AvgIpc) is 2.89. The summed E-state index contributed by atoms with van der Waals surface area (Å²) in [6, 6.07) is 3.67.